The smallest absolute Gasteiger partial charge is 0.130 e. The average molecular weight is 266 g/mol. The molecule has 0 radical (unpaired) electrons. The van der Waals surface area contributed by atoms with Gasteiger partial charge in [-0.15, -0.1) is 0 Å². The zero-order chi connectivity index (χ0) is 13.3. The Morgan fingerprint density at radius 3 is 2.67 bits per heavy atom. The van der Waals surface area contributed by atoms with Gasteiger partial charge in [-0.25, -0.2) is 0 Å². The second-order valence-corrected chi connectivity index (χ2v) is 4.85. The molecule has 96 valence electrons. The molecule has 0 aliphatic rings. The largest absolute Gasteiger partial charge is 0.388 e. The highest BCUT2D eigenvalue weighted by Crippen LogP contribution is 2.25. The Kier molecular flexibility index (Phi) is 3.68. The summed E-state index contributed by atoms with van der Waals surface area (Å²) >= 11 is 6.15. The lowest BCUT2D eigenvalue weighted by Gasteiger charge is -2.11. The summed E-state index contributed by atoms with van der Waals surface area (Å²) in [7, 11) is 1.79. The minimum atomic E-state index is -0.613. The Labute approximate surface area is 111 Å². The fraction of sp³-hybridized carbons (Fsp3) is 0.385. The molecule has 0 amide bonds. The van der Waals surface area contributed by atoms with E-state index in [2.05, 4.69) is 10.1 Å². The predicted octanol–water partition coefficient (Wildman–Crippen LogP) is 2.36. The molecule has 2 rings (SSSR count). The van der Waals surface area contributed by atoms with Crippen LogP contribution in [0.15, 0.2) is 18.5 Å². The van der Waals surface area contributed by atoms with Crippen LogP contribution >= 0.6 is 11.6 Å². The lowest BCUT2D eigenvalue weighted by Crippen LogP contribution is -2.03. The fourth-order valence-corrected chi connectivity index (χ4v) is 2.23. The van der Waals surface area contributed by atoms with Gasteiger partial charge in [0.1, 0.15) is 5.15 Å². The molecule has 1 N–H and O–H groups in total. The normalized spacial score (nSPS) is 12.7. The van der Waals surface area contributed by atoms with Gasteiger partial charge in [-0.3, -0.25) is 9.67 Å². The maximum Gasteiger partial charge on any atom is 0.130 e. The van der Waals surface area contributed by atoms with Gasteiger partial charge in [-0.05, 0) is 25.0 Å². The zero-order valence-electron chi connectivity index (χ0n) is 10.7. The van der Waals surface area contributed by atoms with Crippen LogP contribution in [0.1, 0.15) is 28.5 Å². The highest BCUT2D eigenvalue weighted by Gasteiger charge is 2.17. The maximum atomic E-state index is 10.2. The summed E-state index contributed by atoms with van der Waals surface area (Å²) in [5.74, 6) is 0. The van der Waals surface area contributed by atoms with E-state index in [-0.39, 0.29) is 0 Å². The Balaban J connectivity index is 2.24. The van der Waals surface area contributed by atoms with Gasteiger partial charge in [0, 0.05) is 31.4 Å². The molecule has 4 nitrogen and oxygen atoms in total. The topological polar surface area (TPSA) is 50.9 Å². The van der Waals surface area contributed by atoms with Crippen LogP contribution in [0.25, 0.3) is 0 Å². The van der Waals surface area contributed by atoms with Crippen LogP contribution in [-0.4, -0.2) is 19.9 Å². The van der Waals surface area contributed by atoms with E-state index < -0.39 is 6.10 Å². The molecule has 0 bridgehead atoms. The molecule has 0 spiro atoms. The third-order valence-electron chi connectivity index (χ3n) is 2.95. The van der Waals surface area contributed by atoms with Crippen molar-refractivity contribution in [2.24, 2.45) is 7.05 Å². The van der Waals surface area contributed by atoms with Gasteiger partial charge < -0.3 is 5.11 Å². The third-order valence-corrected chi connectivity index (χ3v) is 3.42. The number of nitrogens with zero attached hydrogens (tertiary/aromatic N) is 3. The molecule has 0 aromatic carbocycles. The van der Waals surface area contributed by atoms with E-state index in [1.165, 1.54) is 0 Å². The number of hydrogen-bond acceptors (Lipinski definition) is 3. The summed E-state index contributed by atoms with van der Waals surface area (Å²) in [4.78, 5) is 4.08. The molecule has 0 aliphatic heterocycles. The highest BCUT2D eigenvalue weighted by molar-refractivity contribution is 6.30. The third kappa shape index (κ3) is 2.54. The number of halogens is 1. The molecule has 0 saturated carbocycles. The predicted molar refractivity (Wildman–Crippen MR) is 70.6 cm³/mol. The maximum absolute atomic E-state index is 10.2. The minimum Gasteiger partial charge on any atom is -0.388 e. The number of aryl methyl sites for hydroxylation is 3. The standard InChI is InChI=1S/C13H16ClN3O/c1-8-4-10(7-15-6-8)12(18)5-11-9(2)16-17(3)13(11)14/h4,6-7,12,18H,5H2,1-3H3. The fourth-order valence-electron chi connectivity index (χ4n) is 1.98. The quantitative estimate of drug-likeness (QED) is 0.927. The van der Waals surface area contributed by atoms with Crippen molar-refractivity contribution < 1.29 is 5.11 Å². The number of aromatic nitrogens is 3. The first-order chi connectivity index (χ1) is 8.49. The lowest BCUT2D eigenvalue weighted by atomic mass is 10.0. The lowest BCUT2D eigenvalue weighted by molar-refractivity contribution is 0.178. The molecule has 0 aliphatic carbocycles. The van der Waals surface area contributed by atoms with Crippen LogP contribution in [-0.2, 0) is 13.5 Å². The van der Waals surface area contributed by atoms with Gasteiger partial charge in [0.05, 0.1) is 11.8 Å². The molecule has 0 fully saturated rings. The van der Waals surface area contributed by atoms with Crippen LogP contribution in [0.2, 0.25) is 5.15 Å². The molecule has 1 atom stereocenters. The van der Waals surface area contributed by atoms with E-state index in [1.54, 1.807) is 24.1 Å². The monoisotopic (exact) mass is 265 g/mol. The first-order valence-corrected chi connectivity index (χ1v) is 6.14. The van der Waals surface area contributed by atoms with Gasteiger partial charge in [-0.1, -0.05) is 17.7 Å². The van der Waals surface area contributed by atoms with Crippen LogP contribution in [0, 0.1) is 13.8 Å². The number of pyridine rings is 1. The number of aliphatic hydroxyl groups is 1. The van der Waals surface area contributed by atoms with E-state index >= 15 is 0 Å². The van der Waals surface area contributed by atoms with E-state index in [9.17, 15) is 5.11 Å². The summed E-state index contributed by atoms with van der Waals surface area (Å²) < 4.78 is 1.62. The Bertz CT molecular complexity index is 565. The first kappa shape index (κ1) is 13.1. The van der Waals surface area contributed by atoms with Crippen LogP contribution in [0.4, 0.5) is 0 Å². The van der Waals surface area contributed by atoms with Crippen molar-refractivity contribution >= 4 is 11.6 Å². The van der Waals surface area contributed by atoms with E-state index in [1.807, 2.05) is 19.9 Å². The van der Waals surface area contributed by atoms with Crippen molar-refractivity contribution in [3.8, 4) is 0 Å². The van der Waals surface area contributed by atoms with Gasteiger partial charge in [0.2, 0.25) is 0 Å². The van der Waals surface area contributed by atoms with Crippen molar-refractivity contribution in [1.82, 2.24) is 14.8 Å². The number of rotatable bonds is 3. The van der Waals surface area contributed by atoms with Crippen molar-refractivity contribution in [1.29, 1.82) is 0 Å². The average Bonchev–Trinajstić information content (AvgIpc) is 2.56. The molecule has 0 saturated heterocycles. The SMILES string of the molecule is Cc1cncc(C(O)Cc2c(C)nn(C)c2Cl)c1. The van der Waals surface area contributed by atoms with E-state index in [0.717, 1.165) is 22.4 Å². The van der Waals surface area contributed by atoms with Crippen molar-refractivity contribution in [2.75, 3.05) is 0 Å². The first-order valence-electron chi connectivity index (χ1n) is 5.76. The van der Waals surface area contributed by atoms with Gasteiger partial charge in [-0.2, -0.15) is 5.10 Å². The summed E-state index contributed by atoms with van der Waals surface area (Å²) in [5, 5.41) is 15.0. The van der Waals surface area contributed by atoms with E-state index in [4.69, 9.17) is 11.6 Å². The van der Waals surface area contributed by atoms with Gasteiger partial charge in [0.25, 0.3) is 0 Å². The highest BCUT2D eigenvalue weighted by atomic mass is 35.5. The molecule has 2 aromatic heterocycles. The Morgan fingerprint density at radius 1 is 1.39 bits per heavy atom. The van der Waals surface area contributed by atoms with Gasteiger partial charge in [0.15, 0.2) is 0 Å². The van der Waals surface area contributed by atoms with Crippen LogP contribution < -0.4 is 0 Å². The van der Waals surface area contributed by atoms with Crippen molar-refractivity contribution in [2.45, 2.75) is 26.4 Å². The molecule has 1 unspecified atom stereocenters. The number of hydrogen-bond donors (Lipinski definition) is 1. The molecular weight excluding hydrogens is 250 g/mol. The second-order valence-electron chi connectivity index (χ2n) is 4.49. The van der Waals surface area contributed by atoms with Crippen LogP contribution in [0.5, 0.6) is 0 Å². The van der Waals surface area contributed by atoms with Crippen LogP contribution in [0.3, 0.4) is 0 Å². The molecular formula is C13H16ClN3O. The number of aliphatic hydroxyl groups excluding tert-OH is 1. The minimum absolute atomic E-state index is 0.448. The summed E-state index contributed by atoms with van der Waals surface area (Å²) in [5.41, 5.74) is 3.56. The molecule has 5 heteroatoms. The summed E-state index contributed by atoms with van der Waals surface area (Å²) in [6.07, 6.45) is 3.28. The molecule has 2 heterocycles. The zero-order valence-corrected chi connectivity index (χ0v) is 11.4. The summed E-state index contributed by atoms with van der Waals surface area (Å²) in [6.45, 7) is 3.84. The van der Waals surface area contributed by atoms with Crippen molar-refractivity contribution in [3.63, 3.8) is 0 Å². The van der Waals surface area contributed by atoms with E-state index in [0.29, 0.717) is 11.6 Å². The Morgan fingerprint density at radius 2 is 2.11 bits per heavy atom. The second kappa shape index (κ2) is 5.08. The summed E-state index contributed by atoms with van der Waals surface area (Å²) in [6, 6.07) is 1.93. The van der Waals surface area contributed by atoms with Crippen molar-refractivity contribution in [3.05, 3.63) is 46.0 Å². The van der Waals surface area contributed by atoms with Gasteiger partial charge >= 0.3 is 0 Å². The molecule has 2 aromatic rings. The Hall–Kier alpha value is -1.39. The molecule has 18 heavy (non-hydrogen) atoms.